The molecule has 0 saturated carbocycles. The third-order valence-electron chi connectivity index (χ3n) is 4.08. The van der Waals surface area contributed by atoms with Gasteiger partial charge in [-0.2, -0.15) is 0 Å². The number of carbonyl (C=O) groups is 1. The number of amides is 1. The molecule has 5 nitrogen and oxygen atoms in total. The molecular weight excluding hydrogens is 350 g/mol. The largest absolute Gasteiger partial charge is 0.316 e. The number of nitrogens with zero attached hydrogens (tertiary/aromatic N) is 2. The Hall–Kier alpha value is -3.05. The average molecular weight is 368 g/mol. The summed E-state index contributed by atoms with van der Waals surface area (Å²) in [4.78, 5) is 25.0. The maximum atomic E-state index is 12.8. The Morgan fingerprint density at radius 3 is 2.54 bits per heavy atom. The van der Waals surface area contributed by atoms with Gasteiger partial charge < -0.3 is 5.32 Å². The van der Waals surface area contributed by atoms with Crippen molar-refractivity contribution >= 4 is 29.3 Å². The van der Waals surface area contributed by atoms with E-state index in [0.29, 0.717) is 10.7 Å². The molecule has 0 unspecified atom stereocenters. The van der Waals surface area contributed by atoms with E-state index in [1.165, 1.54) is 10.8 Å². The third kappa shape index (κ3) is 3.63. The summed E-state index contributed by atoms with van der Waals surface area (Å²) in [5.41, 5.74) is 2.19. The lowest BCUT2D eigenvalue weighted by Gasteiger charge is -2.07. The molecule has 0 saturated heterocycles. The van der Waals surface area contributed by atoms with Crippen LogP contribution in [-0.4, -0.2) is 15.3 Å². The van der Waals surface area contributed by atoms with Crippen LogP contribution in [0.15, 0.2) is 65.5 Å². The predicted molar refractivity (Wildman–Crippen MR) is 105 cm³/mol. The van der Waals surface area contributed by atoms with Gasteiger partial charge >= 0.3 is 0 Å². The molecule has 1 heterocycles. The number of hydrogen-bond donors (Lipinski definition) is 1. The van der Waals surface area contributed by atoms with Crippen molar-refractivity contribution in [3.8, 4) is 5.69 Å². The van der Waals surface area contributed by atoms with E-state index in [1.807, 2.05) is 36.4 Å². The molecule has 26 heavy (non-hydrogen) atoms. The topological polar surface area (TPSA) is 56.0 Å². The Balaban J connectivity index is 1.86. The summed E-state index contributed by atoms with van der Waals surface area (Å²) in [5, 5.41) is 3.28. The van der Waals surface area contributed by atoms with Gasteiger partial charge in [-0.1, -0.05) is 41.9 Å². The number of para-hydroxylation sites is 1. The molecule has 3 aromatic rings. The van der Waals surface area contributed by atoms with Crippen LogP contribution in [0.3, 0.4) is 0 Å². The quantitative estimate of drug-likeness (QED) is 0.713. The van der Waals surface area contributed by atoms with Gasteiger partial charge in [-0.3, -0.25) is 14.3 Å². The molecule has 1 amide bonds. The SMILES string of the molecule is Cc1c(NC(=O)/C=C/c2cccc(Cl)c2)c(=O)n(-c2ccccc2)n1C. The maximum absolute atomic E-state index is 12.8. The molecule has 0 bridgehead atoms. The first kappa shape index (κ1) is 17.8. The van der Waals surface area contributed by atoms with Crippen molar-refractivity contribution in [1.29, 1.82) is 0 Å². The lowest BCUT2D eigenvalue weighted by atomic mass is 10.2. The van der Waals surface area contributed by atoms with Crippen molar-refractivity contribution in [2.75, 3.05) is 5.32 Å². The van der Waals surface area contributed by atoms with Crippen LogP contribution >= 0.6 is 11.6 Å². The minimum Gasteiger partial charge on any atom is -0.316 e. The molecule has 0 aliphatic heterocycles. The van der Waals surface area contributed by atoms with E-state index in [-0.39, 0.29) is 17.2 Å². The zero-order valence-corrected chi connectivity index (χ0v) is 15.2. The minimum atomic E-state index is -0.379. The summed E-state index contributed by atoms with van der Waals surface area (Å²) in [5.74, 6) is -0.379. The predicted octanol–water partition coefficient (Wildman–Crippen LogP) is 3.79. The van der Waals surface area contributed by atoms with Gasteiger partial charge in [-0.25, -0.2) is 4.68 Å². The maximum Gasteiger partial charge on any atom is 0.295 e. The second-order valence-corrected chi connectivity index (χ2v) is 6.25. The first-order valence-electron chi connectivity index (χ1n) is 8.06. The Kier molecular flexibility index (Phi) is 5.09. The first-order valence-corrected chi connectivity index (χ1v) is 8.44. The van der Waals surface area contributed by atoms with E-state index in [1.54, 1.807) is 42.9 Å². The molecule has 0 aliphatic carbocycles. The lowest BCUT2D eigenvalue weighted by Crippen LogP contribution is -2.22. The summed E-state index contributed by atoms with van der Waals surface area (Å²) >= 11 is 5.93. The smallest absolute Gasteiger partial charge is 0.295 e. The lowest BCUT2D eigenvalue weighted by molar-refractivity contribution is -0.111. The second-order valence-electron chi connectivity index (χ2n) is 5.81. The fraction of sp³-hybridized carbons (Fsp3) is 0.100. The van der Waals surface area contributed by atoms with Gasteiger partial charge in [0.1, 0.15) is 5.69 Å². The van der Waals surface area contributed by atoms with Gasteiger partial charge in [-0.05, 0) is 42.8 Å². The van der Waals surface area contributed by atoms with Gasteiger partial charge in [0.05, 0.1) is 11.4 Å². The first-order chi connectivity index (χ1) is 12.5. The summed E-state index contributed by atoms with van der Waals surface area (Å²) < 4.78 is 3.24. The van der Waals surface area contributed by atoms with E-state index in [9.17, 15) is 9.59 Å². The summed E-state index contributed by atoms with van der Waals surface area (Å²) in [6, 6.07) is 16.4. The number of halogens is 1. The highest BCUT2D eigenvalue weighted by Gasteiger charge is 2.17. The number of anilines is 1. The Labute approximate surface area is 156 Å². The van der Waals surface area contributed by atoms with Crippen LogP contribution < -0.4 is 10.9 Å². The highest BCUT2D eigenvalue weighted by molar-refractivity contribution is 6.30. The van der Waals surface area contributed by atoms with Gasteiger partial charge in [0.15, 0.2) is 0 Å². The minimum absolute atomic E-state index is 0.261. The van der Waals surface area contributed by atoms with Crippen molar-refractivity contribution in [2.45, 2.75) is 6.92 Å². The Morgan fingerprint density at radius 1 is 1.12 bits per heavy atom. The number of rotatable bonds is 4. The van der Waals surface area contributed by atoms with Crippen molar-refractivity contribution < 1.29 is 4.79 Å². The number of nitrogens with one attached hydrogen (secondary N) is 1. The van der Waals surface area contributed by atoms with Crippen LogP contribution in [0.5, 0.6) is 0 Å². The Bertz CT molecular complexity index is 1030. The van der Waals surface area contributed by atoms with E-state index in [0.717, 1.165) is 11.3 Å². The highest BCUT2D eigenvalue weighted by atomic mass is 35.5. The van der Waals surface area contributed by atoms with Crippen LogP contribution in [0.4, 0.5) is 5.69 Å². The zero-order chi connectivity index (χ0) is 18.7. The van der Waals surface area contributed by atoms with Crippen LogP contribution in [0, 0.1) is 6.92 Å². The van der Waals surface area contributed by atoms with Gasteiger partial charge in [0.2, 0.25) is 5.91 Å². The number of aromatic nitrogens is 2. The zero-order valence-electron chi connectivity index (χ0n) is 14.4. The van der Waals surface area contributed by atoms with Crippen molar-refractivity contribution in [3.05, 3.63) is 87.3 Å². The van der Waals surface area contributed by atoms with Crippen molar-refractivity contribution in [3.63, 3.8) is 0 Å². The van der Waals surface area contributed by atoms with Crippen LogP contribution in [0.25, 0.3) is 11.8 Å². The fourth-order valence-corrected chi connectivity index (χ4v) is 2.86. The third-order valence-corrected chi connectivity index (χ3v) is 4.31. The highest BCUT2D eigenvalue weighted by Crippen LogP contribution is 2.15. The van der Waals surface area contributed by atoms with Crippen LogP contribution in [0.2, 0.25) is 5.02 Å². The Morgan fingerprint density at radius 2 is 1.85 bits per heavy atom. The number of carbonyl (C=O) groups excluding carboxylic acids is 1. The molecule has 0 atom stereocenters. The molecular formula is C20H18ClN3O2. The molecule has 0 radical (unpaired) electrons. The summed E-state index contributed by atoms with van der Waals surface area (Å²) in [6.07, 6.45) is 3.03. The normalized spacial score (nSPS) is 11.0. The van der Waals surface area contributed by atoms with Gasteiger partial charge in [0, 0.05) is 18.1 Å². The average Bonchev–Trinajstić information content (AvgIpc) is 2.84. The van der Waals surface area contributed by atoms with E-state index in [2.05, 4.69) is 5.32 Å². The van der Waals surface area contributed by atoms with Crippen molar-refractivity contribution in [1.82, 2.24) is 9.36 Å². The molecule has 0 spiro atoms. The number of benzene rings is 2. The van der Waals surface area contributed by atoms with E-state index in [4.69, 9.17) is 11.6 Å². The van der Waals surface area contributed by atoms with Gasteiger partial charge in [0.25, 0.3) is 5.56 Å². The molecule has 132 valence electrons. The summed E-state index contributed by atoms with van der Waals surface area (Å²) in [6.45, 7) is 1.79. The molecule has 6 heteroatoms. The second kappa shape index (κ2) is 7.45. The monoisotopic (exact) mass is 367 g/mol. The van der Waals surface area contributed by atoms with Crippen LogP contribution in [0.1, 0.15) is 11.3 Å². The molecule has 3 rings (SSSR count). The molecule has 1 aromatic heterocycles. The van der Waals surface area contributed by atoms with E-state index < -0.39 is 0 Å². The standard InChI is InChI=1S/C20H18ClN3O2/c1-14-19(20(26)24(23(14)2)17-9-4-3-5-10-17)22-18(25)12-11-15-7-6-8-16(21)13-15/h3-13H,1-2H3,(H,22,25)/b12-11+. The molecule has 2 aromatic carbocycles. The number of hydrogen-bond acceptors (Lipinski definition) is 2. The molecule has 0 aliphatic rings. The fourth-order valence-electron chi connectivity index (χ4n) is 2.66. The van der Waals surface area contributed by atoms with E-state index >= 15 is 0 Å². The molecule has 1 N–H and O–H groups in total. The van der Waals surface area contributed by atoms with Gasteiger partial charge in [-0.15, -0.1) is 0 Å². The van der Waals surface area contributed by atoms with Crippen LogP contribution in [-0.2, 0) is 11.8 Å². The van der Waals surface area contributed by atoms with Crippen molar-refractivity contribution in [2.24, 2.45) is 7.05 Å². The summed E-state index contributed by atoms with van der Waals surface area (Å²) in [7, 11) is 1.78. The molecule has 0 fully saturated rings.